The van der Waals surface area contributed by atoms with Gasteiger partial charge in [-0.1, -0.05) is 33.6 Å². The molecule has 0 aliphatic heterocycles. The monoisotopic (exact) mass is 233 g/mol. The fourth-order valence-corrected chi connectivity index (χ4v) is 1.99. The highest BCUT2D eigenvalue weighted by Crippen LogP contribution is 2.17. The van der Waals surface area contributed by atoms with Crippen molar-refractivity contribution in [1.82, 2.24) is 5.32 Å². The van der Waals surface area contributed by atoms with Gasteiger partial charge in [0.25, 0.3) is 0 Å². The van der Waals surface area contributed by atoms with Gasteiger partial charge in [-0.05, 0) is 19.3 Å². The second-order valence-corrected chi connectivity index (χ2v) is 4.39. The Morgan fingerprint density at radius 3 is 2.20 bits per heavy atom. The van der Waals surface area contributed by atoms with Gasteiger partial charge in [-0.25, -0.2) is 0 Å². The molecule has 0 bridgehead atoms. The number of alkyl halides is 1. The minimum Gasteiger partial charge on any atom is -0.349 e. The molecule has 0 fully saturated rings. The molecule has 90 valence electrons. The van der Waals surface area contributed by atoms with Gasteiger partial charge in [0, 0.05) is 12.3 Å². The van der Waals surface area contributed by atoms with Crippen molar-refractivity contribution in [2.75, 3.05) is 5.88 Å². The van der Waals surface area contributed by atoms with E-state index in [1.807, 2.05) is 0 Å². The number of hydrogen-bond acceptors (Lipinski definition) is 1. The van der Waals surface area contributed by atoms with Crippen molar-refractivity contribution in [3.05, 3.63) is 0 Å². The minimum atomic E-state index is -0.190. The summed E-state index contributed by atoms with van der Waals surface area (Å²) in [5.74, 6) is 0.646. The quantitative estimate of drug-likeness (QED) is 0.505. The largest absolute Gasteiger partial charge is 0.349 e. The molecule has 0 aliphatic rings. The van der Waals surface area contributed by atoms with Crippen molar-refractivity contribution < 1.29 is 4.79 Å². The van der Waals surface area contributed by atoms with Gasteiger partial charge in [-0.15, -0.1) is 11.6 Å². The number of rotatable bonds is 8. The van der Waals surface area contributed by atoms with Gasteiger partial charge in [0.1, 0.15) is 0 Å². The number of nitrogens with one attached hydrogen (secondary N) is 1. The Labute approximate surface area is 98.8 Å². The van der Waals surface area contributed by atoms with E-state index in [2.05, 4.69) is 26.1 Å². The highest BCUT2D eigenvalue weighted by atomic mass is 35.5. The summed E-state index contributed by atoms with van der Waals surface area (Å²) in [5, 5.41) is 3.07. The van der Waals surface area contributed by atoms with Crippen LogP contribution in [0.15, 0.2) is 0 Å². The van der Waals surface area contributed by atoms with E-state index in [0.29, 0.717) is 12.3 Å². The van der Waals surface area contributed by atoms with Crippen LogP contribution in [0, 0.1) is 0 Å². The number of hydrogen-bond donors (Lipinski definition) is 1. The Morgan fingerprint density at radius 2 is 1.80 bits per heavy atom. The second kappa shape index (κ2) is 7.98. The Bertz CT molecular complexity index is 170. The summed E-state index contributed by atoms with van der Waals surface area (Å²) >= 11 is 5.92. The molecule has 3 heteroatoms. The summed E-state index contributed by atoms with van der Waals surface area (Å²) in [7, 11) is 0. The molecule has 0 atom stereocenters. The summed E-state index contributed by atoms with van der Waals surface area (Å²) in [4.78, 5) is 11.6. The van der Waals surface area contributed by atoms with Crippen LogP contribution in [0.2, 0.25) is 0 Å². The van der Waals surface area contributed by atoms with E-state index in [9.17, 15) is 4.79 Å². The average Bonchev–Trinajstić information content (AvgIpc) is 2.26. The van der Waals surface area contributed by atoms with Crippen LogP contribution in [0.25, 0.3) is 0 Å². The van der Waals surface area contributed by atoms with Crippen molar-refractivity contribution in [3.8, 4) is 0 Å². The molecule has 2 nitrogen and oxygen atoms in total. The van der Waals surface area contributed by atoms with Crippen LogP contribution in [0.3, 0.4) is 0 Å². The first-order valence-corrected chi connectivity index (χ1v) is 6.54. The van der Waals surface area contributed by atoms with Gasteiger partial charge >= 0.3 is 0 Å². The molecule has 0 spiro atoms. The Hall–Kier alpha value is -0.240. The first kappa shape index (κ1) is 14.8. The lowest BCUT2D eigenvalue weighted by molar-refractivity contribution is -0.123. The van der Waals surface area contributed by atoms with Crippen LogP contribution in [-0.2, 0) is 4.79 Å². The Morgan fingerprint density at radius 1 is 1.20 bits per heavy atom. The molecular formula is C12H24ClNO. The van der Waals surface area contributed by atoms with Crippen LogP contribution < -0.4 is 5.32 Å². The predicted octanol–water partition coefficient (Wildman–Crippen LogP) is 3.48. The van der Waals surface area contributed by atoms with E-state index >= 15 is 0 Å². The second-order valence-electron chi connectivity index (χ2n) is 4.13. The standard InChI is InChI=1S/C12H24ClNO/c1-4-7-8-9-11(15)14-12(5-2,6-3)10-13/h4-10H2,1-3H3,(H,14,15). The summed E-state index contributed by atoms with van der Waals surface area (Å²) in [5.41, 5.74) is -0.190. The minimum absolute atomic E-state index is 0.146. The fourth-order valence-electron chi connectivity index (χ4n) is 1.54. The first-order valence-electron chi connectivity index (χ1n) is 6.01. The molecule has 0 heterocycles. The molecule has 0 aromatic carbocycles. The highest BCUT2D eigenvalue weighted by Gasteiger charge is 2.26. The van der Waals surface area contributed by atoms with Gasteiger partial charge in [-0.2, -0.15) is 0 Å². The van der Waals surface area contributed by atoms with E-state index in [1.165, 1.54) is 0 Å². The molecule has 15 heavy (non-hydrogen) atoms. The SMILES string of the molecule is CCCCCC(=O)NC(CC)(CC)CCl. The Balaban J connectivity index is 4.00. The van der Waals surface area contributed by atoms with E-state index in [4.69, 9.17) is 11.6 Å². The van der Waals surface area contributed by atoms with E-state index in [1.54, 1.807) is 0 Å². The molecule has 0 saturated heterocycles. The zero-order valence-corrected chi connectivity index (χ0v) is 11.0. The number of unbranched alkanes of at least 4 members (excludes halogenated alkanes) is 2. The lowest BCUT2D eigenvalue weighted by Crippen LogP contribution is -2.49. The third-order valence-electron chi connectivity index (χ3n) is 3.02. The molecular weight excluding hydrogens is 210 g/mol. The van der Waals surface area contributed by atoms with E-state index in [-0.39, 0.29) is 11.4 Å². The predicted molar refractivity (Wildman–Crippen MR) is 66.3 cm³/mol. The molecule has 1 N–H and O–H groups in total. The number of halogens is 1. The molecule has 0 unspecified atom stereocenters. The van der Waals surface area contributed by atoms with E-state index < -0.39 is 0 Å². The molecule has 0 rings (SSSR count). The topological polar surface area (TPSA) is 29.1 Å². The smallest absolute Gasteiger partial charge is 0.220 e. The van der Waals surface area contributed by atoms with Crippen LogP contribution in [0.1, 0.15) is 59.3 Å². The Kier molecular flexibility index (Phi) is 7.85. The van der Waals surface area contributed by atoms with Crippen molar-refractivity contribution in [2.45, 2.75) is 64.8 Å². The summed E-state index contributed by atoms with van der Waals surface area (Å²) in [6.07, 6.45) is 5.68. The highest BCUT2D eigenvalue weighted by molar-refractivity contribution is 6.18. The molecule has 0 aromatic heterocycles. The summed E-state index contributed by atoms with van der Waals surface area (Å²) in [6.45, 7) is 6.27. The average molecular weight is 234 g/mol. The molecule has 1 amide bonds. The van der Waals surface area contributed by atoms with E-state index in [0.717, 1.165) is 32.1 Å². The zero-order valence-electron chi connectivity index (χ0n) is 10.2. The molecule has 0 saturated carbocycles. The zero-order chi connectivity index (χ0) is 11.7. The summed E-state index contributed by atoms with van der Waals surface area (Å²) < 4.78 is 0. The van der Waals surface area contributed by atoms with Crippen molar-refractivity contribution in [1.29, 1.82) is 0 Å². The van der Waals surface area contributed by atoms with Gasteiger partial charge in [0.15, 0.2) is 0 Å². The molecule has 0 radical (unpaired) electrons. The molecule has 0 aliphatic carbocycles. The lowest BCUT2D eigenvalue weighted by Gasteiger charge is -2.30. The maximum absolute atomic E-state index is 11.6. The third-order valence-corrected chi connectivity index (χ3v) is 3.53. The van der Waals surface area contributed by atoms with Crippen molar-refractivity contribution in [2.24, 2.45) is 0 Å². The first-order chi connectivity index (χ1) is 7.14. The van der Waals surface area contributed by atoms with Crippen LogP contribution in [-0.4, -0.2) is 17.3 Å². The van der Waals surface area contributed by atoms with Gasteiger partial charge in [-0.3, -0.25) is 4.79 Å². The van der Waals surface area contributed by atoms with Crippen LogP contribution in [0.4, 0.5) is 0 Å². The number of carbonyl (C=O) groups excluding carboxylic acids is 1. The summed E-state index contributed by atoms with van der Waals surface area (Å²) in [6, 6.07) is 0. The van der Waals surface area contributed by atoms with Gasteiger partial charge in [0.05, 0.1) is 5.54 Å². The maximum atomic E-state index is 11.6. The normalized spacial score (nSPS) is 11.5. The van der Waals surface area contributed by atoms with Gasteiger partial charge < -0.3 is 5.32 Å². The van der Waals surface area contributed by atoms with Gasteiger partial charge in [0.2, 0.25) is 5.91 Å². The van der Waals surface area contributed by atoms with Crippen molar-refractivity contribution in [3.63, 3.8) is 0 Å². The molecule has 0 aromatic rings. The fraction of sp³-hybridized carbons (Fsp3) is 0.917. The number of carbonyl (C=O) groups is 1. The number of amides is 1. The maximum Gasteiger partial charge on any atom is 0.220 e. The van der Waals surface area contributed by atoms with Crippen LogP contribution >= 0.6 is 11.6 Å². The van der Waals surface area contributed by atoms with Crippen molar-refractivity contribution >= 4 is 17.5 Å². The van der Waals surface area contributed by atoms with Crippen LogP contribution in [0.5, 0.6) is 0 Å². The lowest BCUT2D eigenvalue weighted by atomic mass is 9.95. The third kappa shape index (κ3) is 5.41.